The smallest absolute Gasteiger partial charge is 0.274 e. The Hall–Kier alpha value is -5.39. The molecular formula is C29H22F2N6O4. The van der Waals surface area contributed by atoms with E-state index in [2.05, 4.69) is 15.4 Å². The molecular weight excluding hydrogens is 534 g/mol. The average Bonchev–Trinajstić information content (AvgIpc) is 3.61. The van der Waals surface area contributed by atoms with Crippen LogP contribution in [-0.2, 0) is 13.2 Å². The number of hydrogen-bond donors (Lipinski definition) is 1. The first-order chi connectivity index (χ1) is 19.8. The molecule has 0 aliphatic carbocycles. The highest BCUT2D eigenvalue weighted by atomic mass is 19.1. The van der Waals surface area contributed by atoms with Gasteiger partial charge in [-0.25, -0.2) is 13.8 Å². The molecule has 1 aliphatic heterocycles. The van der Waals surface area contributed by atoms with Crippen molar-refractivity contribution in [3.05, 3.63) is 113 Å². The number of carbonyl (C=O) groups is 3. The maximum Gasteiger partial charge on any atom is 0.274 e. The third-order valence-electron chi connectivity index (χ3n) is 6.76. The number of pyridine rings is 1. The number of anilines is 1. The van der Waals surface area contributed by atoms with Gasteiger partial charge >= 0.3 is 0 Å². The molecule has 0 unspecified atom stereocenters. The van der Waals surface area contributed by atoms with Gasteiger partial charge in [0.2, 0.25) is 0 Å². The van der Waals surface area contributed by atoms with Gasteiger partial charge in [0.05, 0.1) is 40.8 Å². The number of amides is 3. The van der Waals surface area contributed by atoms with Crippen LogP contribution in [0, 0.1) is 18.6 Å². The van der Waals surface area contributed by atoms with Gasteiger partial charge in [0.15, 0.2) is 11.4 Å². The van der Waals surface area contributed by atoms with Crippen LogP contribution < -0.4 is 10.1 Å². The van der Waals surface area contributed by atoms with E-state index in [1.807, 2.05) is 0 Å². The maximum atomic E-state index is 14.0. The number of nitrogens with zero attached hydrogens (tertiary/aromatic N) is 5. The Balaban J connectivity index is 1.14. The van der Waals surface area contributed by atoms with E-state index in [1.165, 1.54) is 26.2 Å². The molecule has 3 aromatic heterocycles. The number of aryl methyl sites for hydroxylation is 1. The van der Waals surface area contributed by atoms with Crippen molar-refractivity contribution in [2.24, 2.45) is 0 Å². The second-order valence-electron chi connectivity index (χ2n) is 9.35. The zero-order valence-corrected chi connectivity index (χ0v) is 21.7. The van der Waals surface area contributed by atoms with Crippen molar-refractivity contribution in [1.82, 2.24) is 24.1 Å². The van der Waals surface area contributed by atoms with Gasteiger partial charge in [0.25, 0.3) is 17.7 Å². The minimum absolute atomic E-state index is 0.118. The van der Waals surface area contributed by atoms with E-state index in [-0.39, 0.29) is 48.5 Å². The predicted molar refractivity (Wildman–Crippen MR) is 143 cm³/mol. The van der Waals surface area contributed by atoms with E-state index in [9.17, 15) is 23.2 Å². The van der Waals surface area contributed by atoms with Crippen molar-refractivity contribution in [2.45, 2.75) is 20.1 Å². The minimum atomic E-state index is -0.721. The molecule has 2 aromatic carbocycles. The molecule has 0 spiro atoms. The highest BCUT2D eigenvalue weighted by Crippen LogP contribution is 2.25. The van der Waals surface area contributed by atoms with Crippen LogP contribution in [0.15, 0.2) is 73.2 Å². The van der Waals surface area contributed by atoms with Crippen LogP contribution in [0.2, 0.25) is 0 Å². The molecule has 0 atom stereocenters. The lowest BCUT2D eigenvalue weighted by Gasteiger charge is -2.13. The topological polar surface area (TPSA) is 111 Å². The van der Waals surface area contributed by atoms with E-state index in [4.69, 9.17) is 4.74 Å². The molecule has 0 radical (unpaired) electrons. The lowest BCUT2D eigenvalue weighted by atomic mass is 10.1. The molecule has 1 N–H and O–H groups in total. The maximum absolute atomic E-state index is 14.0. The minimum Gasteiger partial charge on any atom is -0.485 e. The van der Waals surface area contributed by atoms with Crippen LogP contribution in [0.1, 0.15) is 42.5 Å². The van der Waals surface area contributed by atoms with Crippen molar-refractivity contribution in [2.75, 3.05) is 11.9 Å². The summed E-state index contributed by atoms with van der Waals surface area (Å²) in [5.74, 6) is -2.36. The van der Waals surface area contributed by atoms with Crippen molar-refractivity contribution in [3.63, 3.8) is 0 Å². The zero-order chi connectivity index (χ0) is 28.7. The molecule has 0 saturated carbocycles. The van der Waals surface area contributed by atoms with Gasteiger partial charge in [-0.1, -0.05) is 18.2 Å². The Bertz CT molecular complexity index is 1790. The number of ether oxygens (including phenoxy) is 1. The lowest BCUT2D eigenvalue weighted by molar-refractivity contribution is 0.0647. The third-order valence-corrected chi connectivity index (χ3v) is 6.76. The largest absolute Gasteiger partial charge is 0.485 e. The van der Waals surface area contributed by atoms with Crippen molar-refractivity contribution in [3.8, 4) is 5.75 Å². The molecule has 0 saturated heterocycles. The summed E-state index contributed by atoms with van der Waals surface area (Å²) in [6, 6.07) is 13.5. The second kappa shape index (κ2) is 10.3. The summed E-state index contributed by atoms with van der Waals surface area (Å²) >= 11 is 0. The van der Waals surface area contributed by atoms with Gasteiger partial charge in [-0.05, 0) is 43.3 Å². The van der Waals surface area contributed by atoms with Crippen LogP contribution in [0.25, 0.3) is 5.65 Å². The number of imidazole rings is 1. The Morgan fingerprint density at radius 2 is 1.66 bits per heavy atom. The first-order valence-corrected chi connectivity index (χ1v) is 12.6. The number of benzene rings is 2. The van der Waals surface area contributed by atoms with Crippen molar-refractivity contribution < 1.29 is 27.9 Å². The van der Waals surface area contributed by atoms with E-state index in [0.29, 0.717) is 28.2 Å². The summed E-state index contributed by atoms with van der Waals surface area (Å²) in [6.45, 7) is 1.66. The Kier molecular flexibility index (Phi) is 6.50. The van der Waals surface area contributed by atoms with E-state index in [0.717, 1.165) is 12.1 Å². The first-order valence-electron chi connectivity index (χ1n) is 12.6. The van der Waals surface area contributed by atoms with Crippen molar-refractivity contribution >= 4 is 29.1 Å². The Labute approximate surface area is 231 Å². The van der Waals surface area contributed by atoms with Gasteiger partial charge in [0.1, 0.15) is 23.9 Å². The van der Waals surface area contributed by atoms with Gasteiger partial charge in [0, 0.05) is 18.9 Å². The molecule has 1 aliphatic rings. The van der Waals surface area contributed by atoms with E-state index in [1.54, 1.807) is 55.7 Å². The van der Waals surface area contributed by atoms with E-state index < -0.39 is 17.5 Å². The lowest BCUT2D eigenvalue weighted by Crippen LogP contribution is -2.33. The summed E-state index contributed by atoms with van der Waals surface area (Å²) in [5, 5.41) is 7.00. The molecule has 0 bridgehead atoms. The summed E-state index contributed by atoms with van der Waals surface area (Å²) in [7, 11) is 0. The van der Waals surface area contributed by atoms with Crippen LogP contribution >= 0.6 is 0 Å². The number of nitrogens with one attached hydrogen (secondary N) is 1. The molecule has 10 nitrogen and oxygen atoms in total. The number of aromatic nitrogens is 4. The van der Waals surface area contributed by atoms with Crippen LogP contribution in [-0.4, -0.2) is 48.3 Å². The first kappa shape index (κ1) is 25.9. The second-order valence-corrected chi connectivity index (χ2v) is 9.35. The highest BCUT2D eigenvalue weighted by Gasteiger charge is 2.34. The number of imide groups is 1. The predicted octanol–water partition coefficient (Wildman–Crippen LogP) is 4.24. The fraction of sp³-hybridized carbons (Fsp3) is 0.138. The number of hydrogen-bond acceptors (Lipinski definition) is 6. The molecule has 206 valence electrons. The summed E-state index contributed by atoms with van der Waals surface area (Å²) in [5.41, 5.74) is 1.90. The number of fused-ring (bicyclic) bond motifs is 2. The van der Waals surface area contributed by atoms with Gasteiger partial charge < -0.3 is 10.1 Å². The molecule has 4 heterocycles. The van der Waals surface area contributed by atoms with Crippen LogP contribution in [0.3, 0.4) is 0 Å². The van der Waals surface area contributed by atoms with Crippen LogP contribution in [0.4, 0.5) is 14.5 Å². The zero-order valence-electron chi connectivity index (χ0n) is 21.7. The quantitative estimate of drug-likeness (QED) is 0.286. The Morgan fingerprint density at radius 3 is 2.37 bits per heavy atom. The molecule has 41 heavy (non-hydrogen) atoms. The normalized spacial score (nSPS) is 12.7. The molecule has 12 heteroatoms. The van der Waals surface area contributed by atoms with Gasteiger partial charge in [-0.2, -0.15) is 5.10 Å². The SMILES string of the molecule is Cc1nc2c(OCc3c(F)cccc3F)cccn2c1C(=O)Nc1cnn(CCN2C(=O)c3ccccc3C2=O)c1. The summed E-state index contributed by atoms with van der Waals surface area (Å²) < 4.78 is 36.8. The fourth-order valence-electron chi connectivity index (χ4n) is 4.75. The average molecular weight is 557 g/mol. The van der Waals surface area contributed by atoms with Gasteiger partial charge in [-0.15, -0.1) is 0 Å². The molecule has 0 fully saturated rings. The standard InChI is InChI=1S/C29H22F2N6O4/c1-17-25(36-11-5-10-24(26(36)33-17)41-16-21-22(30)8-4-9-23(21)31)27(38)34-18-14-32-35(15-18)12-13-37-28(39)19-6-2-3-7-20(19)29(37)40/h2-11,14-15H,12-13,16H2,1H3,(H,34,38). The summed E-state index contributed by atoms with van der Waals surface area (Å²) in [6.07, 6.45) is 4.68. The highest BCUT2D eigenvalue weighted by molar-refractivity contribution is 6.21. The number of halogens is 2. The van der Waals surface area contributed by atoms with E-state index >= 15 is 0 Å². The molecule has 5 aromatic rings. The fourth-order valence-corrected chi connectivity index (χ4v) is 4.75. The molecule has 6 rings (SSSR count). The Morgan fingerprint density at radius 1 is 0.951 bits per heavy atom. The third kappa shape index (κ3) is 4.69. The monoisotopic (exact) mass is 556 g/mol. The summed E-state index contributed by atoms with van der Waals surface area (Å²) in [4.78, 5) is 44.0. The number of rotatable bonds is 8. The number of carbonyl (C=O) groups excluding carboxylic acids is 3. The van der Waals surface area contributed by atoms with Gasteiger partial charge in [-0.3, -0.25) is 28.4 Å². The van der Waals surface area contributed by atoms with Crippen molar-refractivity contribution in [1.29, 1.82) is 0 Å². The molecule has 3 amide bonds. The van der Waals surface area contributed by atoms with Crippen LogP contribution in [0.5, 0.6) is 5.75 Å².